The summed E-state index contributed by atoms with van der Waals surface area (Å²) >= 11 is 3.16. The number of benzene rings is 1. The average molecular weight is 302 g/mol. The van der Waals surface area contributed by atoms with Crippen molar-refractivity contribution in [3.63, 3.8) is 0 Å². The first-order valence-corrected chi connectivity index (χ1v) is 6.63. The van der Waals surface area contributed by atoms with E-state index in [0.717, 1.165) is 19.3 Å². The van der Waals surface area contributed by atoms with E-state index >= 15 is 0 Å². The van der Waals surface area contributed by atoms with Gasteiger partial charge in [0.05, 0.1) is 5.56 Å². The fourth-order valence-corrected chi connectivity index (χ4v) is 2.00. The third-order valence-corrected chi connectivity index (χ3v) is 3.13. The van der Waals surface area contributed by atoms with E-state index < -0.39 is 5.82 Å². The van der Waals surface area contributed by atoms with Crippen molar-refractivity contribution >= 4 is 21.8 Å². The highest BCUT2D eigenvalue weighted by Gasteiger charge is 2.15. The summed E-state index contributed by atoms with van der Waals surface area (Å²) < 4.78 is 14.2. The van der Waals surface area contributed by atoms with E-state index in [9.17, 15) is 9.18 Å². The maximum Gasteiger partial charge on any atom is 0.254 e. The Morgan fingerprint density at radius 2 is 2.18 bits per heavy atom. The molecule has 17 heavy (non-hydrogen) atoms. The molecule has 0 aliphatic carbocycles. The normalized spacial score (nSPS) is 12.2. The zero-order valence-electron chi connectivity index (χ0n) is 10.1. The summed E-state index contributed by atoms with van der Waals surface area (Å²) in [6.45, 7) is 4.08. The number of amides is 1. The molecule has 0 aromatic heterocycles. The number of hydrogen-bond acceptors (Lipinski definition) is 1. The van der Waals surface area contributed by atoms with Gasteiger partial charge in [-0.25, -0.2) is 4.39 Å². The standard InChI is InChI=1S/C13H17BrFNO/c1-3-5-10(4-2)16-13(17)11-7-6-9(14)8-12(11)15/h6-8,10H,3-5H2,1-2H3,(H,16,17). The first-order chi connectivity index (χ1) is 8.08. The molecule has 0 saturated carbocycles. The number of carbonyl (C=O) groups is 1. The van der Waals surface area contributed by atoms with Gasteiger partial charge in [0.2, 0.25) is 0 Å². The van der Waals surface area contributed by atoms with Crippen LogP contribution < -0.4 is 5.32 Å². The van der Waals surface area contributed by atoms with Gasteiger partial charge < -0.3 is 5.32 Å². The van der Waals surface area contributed by atoms with Crippen molar-refractivity contribution in [1.29, 1.82) is 0 Å². The molecule has 1 aromatic rings. The molecule has 0 spiro atoms. The molecule has 1 unspecified atom stereocenters. The summed E-state index contributed by atoms with van der Waals surface area (Å²) in [6, 6.07) is 4.58. The molecule has 1 atom stereocenters. The Hall–Kier alpha value is -0.900. The van der Waals surface area contributed by atoms with Gasteiger partial charge in [0.15, 0.2) is 0 Å². The monoisotopic (exact) mass is 301 g/mol. The largest absolute Gasteiger partial charge is 0.349 e. The molecule has 0 radical (unpaired) electrons. The first kappa shape index (κ1) is 14.2. The maximum absolute atomic E-state index is 13.6. The number of carbonyl (C=O) groups excluding carboxylic acids is 1. The Morgan fingerprint density at radius 3 is 2.71 bits per heavy atom. The third kappa shape index (κ3) is 4.11. The van der Waals surface area contributed by atoms with Crippen LogP contribution >= 0.6 is 15.9 Å². The van der Waals surface area contributed by atoms with Crippen molar-refractivity contribution < 1.29 is 9.18 Å². The highest BCUT2D eigenvalue weighted by molar-refractivity contribution is 9.10. The maximum atomic E-state index is 13.6. The molecule has 0 saturated heterocycles. The van der Waals surface area contributed by atoms with E-state index in [4.69, 9.17) is 0 Å². The van der Waals surface area contributed by atoms with Crippen LogP contribution in [0.2, 0.25) is 0 Å². The van der Waals surface area contributed by atoms with Crippen molar-refractivity contribution in [2.24, 2.45) is 0 Å². The van der Waals surface area contributed by atoms with E-state index in [-0.39, 0.29) is 17.5 Å². The van der Waals surface area contributed by atoms with Crippen LogP contribution in [0.4, 0.5) is 4.39 Å². The van der Waals surface area contributed by atoms with Crippen LogP contribution in [0.1, 0.15) is 43.5 Å². The van der Waals surface area contributed by atoms with Crippen LogP contribution in [-0.4, -0.2) is 11.9 Å². The average Bonchev–Trinajstić information content (AvgIpc) is 2.28. The smallest absolute Gasteiger partial charge is 0.254 e. The fraction of sp³-hybridized carbons (Fsp3) is 0.462. The summed E-state index contributed by atoms with van der Waals surface area (Å²) in [5.74, 6) is -0.835. The predicted molar refractivity (Wildman–Crippen MR) is 70.6 cm³/mol. The molecule has 1 N–H and O–H groups in total. The van der Waals surface area contributed by atoms with Crippen LogP contribution in [0, 0.1) is 5.82 Å². The van der Waals surface area contributed by atoms with Gasteiger partial charge in [-0.1, -0.05) is 36.2 Å². The minimum atomic E-state index is -0.497. The fourth-order valence-electron chi connectivity index (χ4n) is 1.66. The molecule has 94 valence electrons. The molecular weight excluding hydrogens is 285 g/mol. The van der Waals surface area contributed by atoms with E-state index in [1.807, 2.05) is 6.92 Å². The predicted octanol–water partition coefficient (Wildman–Crippen LogP) is 3.90. The minimum Gasteiger partial charge on any atom is -0.349 e. The third-order valence-electron chi connectivity index (χ3n) is 2.64. The lowest BCUT2D eigenvalue weighted by atomic mass is 10.1. The quantitative estimate of drug-likeness (QED) is 0.878. The van der Waals surface area contributed by atoms with E-state index in [2.05, 4.69) is 28.2 Å². The molecule has 2 nitrogen and oxygen atoms in total. The molecule has 1 aromatic carbocycles. The summed E-state index contributed by atoms with van der Waals surface area (Å²) in [5.41, 5.74) is 0.0998. The van der Waals surface area contributed by atoms with Gasteiger partial charge in [-0.15, -0.1) is 0 Å². The van der Waals surface area contributed by atoms with Gasteiger partial charge >= 0.3 is 0 Å². The number of nitrogens with one attached hydrogen (secondary N) is 1. The van der Waals surface area contributed by atoms with Crippen molar-refractivity contribution in [3.05, 3.63) is 34.1 Å². The zero-order valence-corrected chi connectivity index (χ0v) is 11.7. The molecular formula is C13H17BrFNO. The van der Waals surface area contributed by atoms with Crippen molar-refractivity contribution in [1.82, 2.24) is 5.32 Å². The van der Waals surface area contributed by atoms with Crippen molar-refractivity contribution in [3.8, 4) is 0 Å². The molecule has 1 amide bonds. The topological polar surface area (TPSA) is 29.1 Å². The number of hydrogen-bond donors (Lipinski definition) is 1. The van der Waals surface area contributed by atoms with E-state index in [0.29, 0.717) is 4.47 Å². The lowest BCUT2D eigenvalue weighted by Crippen LogP contribution is -2.34. The minimum absolute atomic E-state index is 0.0998. The van der Waals surface area contributed by atoms with Gasteiger partial charge in [0.25, 0.3) is 5.91 Å². The Balaban J connectivity index is 2.75. The summed E-state index contributed by atoms with van der Waals surface area (Å²) in [4.78, 5) is 11.9. The molecule has 0 aliphatic heterocycles. The Morgan fingerprint density at radius 1 is 1.47 bits per heavy atom. The van der Waals surface area contributed by atoms with Crippen molar-refractivity contribution in [2.75, 3.05) is 0 Å². The lowest BCUT2D eigenvalue weighted by molar-refractivity contribution is 0.0929. The molecule has 0 bridgehead atoms. The van der Waals surface area contributed by atoms with Crippen LogP contribution in [0.15, 0.2) is 22.7 Å². The Kier molecular flexibility index (Phi) is 5.62. The SMILES string of the molecule is CCCC(CC)NC(=O)c1ccc(Br)cc1F. The summed E-state index contributed by atoms with van der Waals surface area (Å²) in [7, 11) is 0. The molecule has 1 rings (SSSR count). The highest BCUT2D eigenvalue weighted by atomic mass is 79.9. The van der Waals surface area contributed by atoms with Gasteiger partial charge in [-0.05, 0) is 31.0 Å². The van der Waals surface area contributed by atoms with Crippen LogP contribution in [0.25, 0.3) is 0 Å². The molecule has 0 heterocycles. The zero-order chi connectivity index (χ0) is 12.8. The van der Waals surface area contributed by atoms with Crippen LogP contribution in [0.5, 0.6) is 0 Å². The van der Waals surface area contributed by atoms with Crippen LogP contribution in [0.3, 0.4) is 0 Å². The number of halogens is 2. The van der Waals surface area contributed by atoms with Gasteiger partial charge in [0.1, 0.15) is 5.82 Å². The van der Waals surface area contributed by atoms with Gasteiger partial charge in [-0.3, -0.25) is 4.79 Å². The van der Waals surface area contributed by atoms with Gasteiger partial charge in [-0.2, -0.15) is 0 Å². The Bertz CT molecular complexity index is 395. The van der Waals surface area contributed by atoms with Gasteiger partial charge in [0, 0.05) is 10.5 Å². The number of rotatable bonds is 5. The Labute approximate surface area is 110 Å². The molecule has 4 heteroatoms. The lowest BCUT2D eigenvalue weighted by Gasteiger charge is -2.16. The summed E-state index contributed by atoms with van der Waals surface area (Å²) in [6.07, 6.45) is 2.78. The summed E-state index contributed by atoms with van der Waals surface area (Å²) in [5, 5.41) is 2.85. The van der Waals surface area contributed by atoms with E-state index in [1.54, 1.807) is 6.07 Å². The second-order valence-corrected chi connectivity index (χ2v) is 4.91. The molecule has 0 fully saturated rings. The van der Waals surface area contributed by atoms with Crippen molar-refractivity contribution in [2.45, 2.75) is 39.2 Å². The second kappa shape index (κ2) is 6.74. The van der Waals surface area contributed by atoms with E-state index in [1.165, 1.54) is 12.1 Å². The highest BCUT2D eigenvalue weighted by Crippen LogP contribution is 2.15. The molecule has 0 aliphatic rings. The van der Waals surface area contributed by atoms with Crippen LogP contribution in [-0.2, 0) is 0 Å². The second-order valence-electron chi connectivity index (χ2n) is 3.99. The first-order valence-electron chi connectivity index (χ1n) is 5.84.